The zero-order valence-corrected chi connectivity index (χ0v) is 19.4. The monoisotopic (exact) mass is 464 g/mol. The van der Waals surface area contributed by atoms with Crippen molar-refractivity contribution < 1.29 is 13.2 Å². The standard InChI is InChI=1S/C25H28N4O3S/c30-25(19-13-15-21(16-14-19)33(31,32)28-17-6-1-2-7-18-28)26-24-22-11-8-12-23(22)27-29(24)20-9-4-3-5-10-20/h3-5,9-10,13-16H,1-2,6-8,11-12,17-18H2,(H,26,30). The summed E-state index contributed by atoms with van der Waals surface area (Å²) in [5.41, 5.74) is 3.40. The van der Waals surface area contributed by atoms with E-state index in [0.29, 0.717) is 24.5 Å². The van der Waals surface area contributed by atoms with Gasteiger partial charge in [0.2, 0.25) is 10.0 Å². The van der Waals surface area contributed by atoms with E-state index in [1.165, 1.54) is 12.1 Å². The predicted molar refractivity (Wildman–Crippen MR) is 127 cm³/mol. The number of nitrogens with zero attached hydrogens (tertiary/aromatic N) is 3. The molecule has 5 rings (SSSR count). The van der Waals surface area contributed by atoms with Gasteiger partial charge < -0.3 is 5.32 Å². The number of rotatable bonds is 5. The van der Waals surface area contributed by atoms with Crippen molar-refractivity contribution in [3.63, 3.8) is 0 Å². The highest BCUT2D eigenvalue weighted by Gasteiger charge is 2.27. The Morgan fingerprint density at radius 2 is 1.55 bits per heavy atom. The Labute approximate surface area is 194 Å². The van der Waals surface area contributed by atoms with Gasteiger partial charge in [0.25, 0.3) is 5.91 Å². The fourth-order valence-electron chi connectivity index (χ4n) is 4.67. The molecule has 2 aliphatic rings. The molecule has 0 unspecified atom stereocenters. The first kappa shape index (κ1) is 21.9. The van der Waals surface area contributed by atoms with Gasteiger partial charge in [-0.1, -0.05) is 31.0 Å². The Balaban J connectivity index is 1.38. The maximum absolute atomic E-state index is 13.1. The van der Waals surface area contributed by atoms with Crippen LogP contribution >= 0.6 is 0 Å². The molecule has 0 spiro atoms. The van der Waals surface area contributed by atoms with Crippen molar-refractivity contribution in [2.24, 2.45) is 0 Å². The maximum Gasteiger partial charge on any atom is 0.256 e. The number of hydrogen-bond donors (Lipinski definition) is 1. The SMILES string of the molecule is O=C(Nc1c2c(nn1-c1ccccc1)CCC2)c1ccc(S(=O)(=O)N2CCCCCC2)cc1. The van der Waals surface area contributed by atoms with Gasteiger partial charge in [-0.2, -0.15) is 9.40 Å². The van der Waals surface area contributed by atoms with Gasteiger partial charge >= 0.3 is 0 Å². The summed E-state index contributed by atoms with van der Waals surface area (Å²) in [4.78, 5) is 13.3. The van der Waals surface area contributed by atoms with Gasteiger partial charge in [0, 0.05) is 24.2 Å². The van der Waals surface area contributed by atoms with Gasteiger partial charge in [-0.3, -0.25) is 4.79 Å². The number of benzene rings is 2. The van der Waals surface area contributed by atoms with E-state index in [9.17, 15) is 13.2 Å². The van der Waals surface area contributed by atoms with E-state index in [-0.39, 0.29) is 10.8 Å². The summed E-state index contributed by atoms with van der Waals surface area (Å²) >= 11 is 0. The molecule has 3 aromatic rings. The average Bonchev–Trinajstić information content (AvgIpc) is 3.31. The molecule has 0 atom stereocenters. The number of nitrogens with one attached hydrogen (secondary N) is 1. The number of aryl methyl sites for hydroxylation is 1. The third-order valence-electron chi connectivity index (χ3n) is 6.46. The summed E-state index contributed by atoms with van der Waals surface area (Å²) in [6.07, 6.45) is 6.71. The number of sulfonamides is 1. The highest BCUT2D eigenvalue weighted by Crippen LogP contribution is 2.31. The lowest BCUT2D eigenvalue weighted by atomic mass is 10.2. The normalized spacial score (nSPS) is 16.8. The maximum atomic E-state index is 13.1. The van der Waals surface area contributed by atoms with E-state index in [2.05, 4.69) is 5.32 Å². The molecule has 1 saturated heterocycles. The van der Waals surface area contributed by atoms with Crippen LogP contribution in [0.4, 0.5) is 5.82 Å². The molecule has 7 nitrogen and oxygen atoms in total. The molecule has 0 radical (unpaired) electrons. The minimum Gasteiger partial charge on any atom is -0.306 e. The number of para-hydroxylation sites is 1. The van der Waals surface area contributed by atoms with Crippen molar-refractivity contribution in [3.05, 3.63) is 71.4 Å². The van der Waals surface area contributed by atoms with Gasteiger partial charge in [-0.15, -0.1) is 0 Å². The summed E-state index contributed by atoms with van der Waals surface area (Å²) in [7, 11) is -3.54. The van der Waals surface area contributed by atoms with E-state index in [0.717, 1.165) is 61.9 Å². The Morgan fingerprint density at radius 1 is 0.848 bits per heavy atom. The molecule has 1 aromatic heterocycles. The summed E-state index contributed by atoms with van der Waals surface area (Å²) in [6, 6.07) is 16.0. The smallest absolute Gasteiger partial charge is 0.256 e. The number of fused-ring (bicyclic) bond motifs is 1. The van der Waals surface area contributed by atoms with Crippen LogP contribution in [0, 0.1) is 0 Å². The zero-order valence-electron chi connectivity index (χ0n) is 18.5. The third kappa shape index (κ3) is 4.32. The second-order valence-electron chi connectivity index (χ2n) is 8.67. The van der Waals surface area contributed by atoms with Crippen LogP contribution in [-0.4, -0.2) is 41.5 Å². The Morgan fingerprint density at radius 3 is 2.24 bits per heavy atom. The van der Waals surface area contributed by atoms with E-state index in [1.54, 1.807) is 21.1 Å². The van der Waals surface area contributed by atoms with Gasteiger partial charge in [-0.05, 0) is 68.5 Å². The minimum atomic E-state index is -3.54. The van der Waals surface area contributed by atoms with Crippen LogP contribution in [0.1, 0.15) is 53.7 Å². The summed E-state index contributed by atoms with van der Waals surface area (Å²) in [6.45, 7) is 1.11. The molecule has 0 saturated carbocycles. The van der Waals surface area contributed by atoms with Crippen LogP contribution in [0.3, 0.4) is 0 Å². The molecule has 1 aliphatic heterocycles. The molecule has 8 heteroatoms. The molecule has 2 heterocycles. The second-order valence-corrected chi connectivity index (χ2v) is 10.6. The summed E-state index contributed by atoms with van der Waals surface area (Å²) in [5, 5.41) is 7.77. The molecule has 33 heavy (non-hydrogen) atoms. The van der Waals surface area contributed by atoms with Crippen molar-refractivity contribution in [2.75, 3.05) is 18.4 Å². The van der Waals surface area contributed by atoms with Crippen LogP contribution in [0.15, 0.2) is 59.5 Å². The van der Waals surface area contributed by atoms with Crippen molar-refractivity contribution >= 4 is 21.7 Å². The third-order valence-corrected chi connectivity index (χ3v) is 8.37. The first-order valence-electron chi connectivity index (χ1n) is 11.6. The van der Waals surface area contributed by atoms with Crippen LogP contribution in [-0.2, 0) is 22.9 Å². The number of amides is 1. The van der Waals surface area contributed by atoms with Gasteiger partial charge in [0.1, 0.15) is 5.82 Å². The Kier molecular flexibility index (Phi) is 6.03. The van der Waals surface area contributed by atoms with Gasteiger partial charge in [-0.25, -0.2) is 13.1 Å². The molecule has 1 amide bonds. The average molecular weight is 465 g/mol. The number of carbonyl (C=O) groups is 1. The number of hydrogen-bond acceptors (Lipinski definition) is 4. The first-order valence-corrected chi connectivity index (χ1v) is 13.1. The number of carbonyl (C=O) groups excluding carboxylic acids is 1. The van der Waals surface area contributed by atoms with Crippen molar-refractivity contribution in [1.29, 1.82) is 0 Å². The fraction of sp³-hybridized carbons (Fsp3) is 0.360. The van der Waals surface area contributed by atoms with E-state index >= 15 is 0 Å². The van der Waals surface area contributed by atoms with Crippen molar-refractivity contribution in [2.45, 2.75) is 49.8 Å². The molecule has 172 valence electrons. The Bertz CT molecular complexity index is 1240. The van der Waals surface area contributed by atoms with E-state index in [1.807, 2.05) is 30.3 Å². The lowest BCUT2D eigenvalue weighted by molar-refractivity contribution is 0.102. The lowest BCUT2D eigenvalue weighted by Gasteiger charge is -2.20. The van der Waals surface area contributed by atoms with Gasteiger partial charge in [0.15, 0.2) is 0 Å². The minimum absolute atomic E-state index is 0.233. The lowest BCUT2D eigenvalue weighted by Crippen LogP contribution is -2.31. The molecule has 1 aliphatic carbocycles. The fourth-order valence-corrected chi connectivity index (χ4v) is 6.18. The molecule has 1 fully saturated rings. The zero-order chi connectivity index (χ0) is 22.8. The summed E-state index contributed by atoms with van der Waals surface area (Å²) in [5.74, 6) is 0.417. The topological polar surface area (TPSA) is 84.3 Å². The molecule has 2 aromatic carbocycles. The second kappa shape index (κ2) is 9.11. The van der Waals surface area contributed by atoms with Crippen molar-refractivity contribution in [3.8, 4) is 5.69 Å². The van der Waals surface area contributed by atoms with E-state index < -0.39 is 10.0 Å². The van der Waals surface area contributed by atoms with Crippen LogP contribution in [0.2, 0.25) is 0 Å². The highest BCUT2D eigenvalue weighted by atomic mass is 32.2. The molecule has 0 bridgehead atoms. The van der Waals surface area contributed by atoms with Crippen molar-refractivity contribution in [1.82, 2.24) is 14.1 Å². The first-order chi connectivity index (χ1) is 16.0. The molecular weight excluding hydrogens is 436 g/mol. The van der Waals surface area contributed by atoms with Crippen LogP contribution in [0.5, 0.6) is 0 Å². The molecular formula is C25H28N4O3S. The summed E-state index contributed by atoms with van der Waals surface area (Å²) < 4.78 is 29.4. The Hall–Kier alpha value is -2.97. The van der Waals surface area contributed by atoms with Crippen LogP contribution < -0.4 is 5.32 Å². The highest BCUT2D eigenvalue weighted by molar-refractivity contribution is 7.89. The van der Waals surface area contributed by atoms with Crippen LogP contribution in [0.25, 0.3) is 5.69 Å². The van der Waals surface area contributed by atoms with E-state index in [4.69, 9.17) is 5.10 Å². The van der Waals surface area contributed by atoms with Gasteiger partial charge in [0.05, 0.1) is 16.3 Å². The quantitative estimate of drug-likeness (QED) is 0.614. The predicted octanol–water partition coefficient (Wildman–Crippen LogP) is 4.18. The number of aromatic nitrogens is 2. The number of anilines is 1. The largest absolute Gasteiger partial charge is 0.306 e. The molecule has 1 N–H and O–H groups in total.